The molecule has 7 rings (SSSR count). The zero-order chi connectivity index (χ0) is 31.1. The lowest BCUT2D eigenvalue weighted by Gasteiger charge is -2.25. The van der Waals surface area contributed by atoms with Gasteiger partial charge >= 0.3 is 5.97 Å². The fourth-order valence-electron chi connectivity index (χ4n) is 5.87. The first-order valence-electron chi connectivity index (χ1n) is 14.5. The third-order valence-corrected chi connectivity index (χ3v) is 8.92. The van der Waals surface area contributed by atoms with Crippen LogP contribution in [0.1, 0.15) is 35.2 Å². The molecule has 7 nitrogen and oxygen atoms in total. The number of halogens is 1. The van der Waals surface area contributed by atoms with Gasteiger partial charge in [-0.15, -0.1) is 0 Å². The average molecular weight is 616 g/mol. The van der Waals surface area contributed by atoms with Gasteiger partial charge in [-0.3, -0.25) is 14.2 Å². The number of aromatic nitrogens is 1. The highest BCUT2D eigenvalue weighted by atomic mass is 32.1. The number of benzene rings is 4. The summed E-state index contributed by atoms with van der Waals surface area (Å²) in [4.78, 5) is 49.2. The normalized spacial score (nSPS) is 16.7. The summed E-state index contributed by atoms with van der Waals surface area (Å²) < 4.78 is 21.2. The topological polar surface area (TPSA) is 81.0 Å². The summed E-state index contributed by atoms with van der Waals surface area (Å²) in [6.45, 7) is 2.15. The molecule has 0 saturated heterocycles. The van der Waals surface area contributed by atoms with Crippen LogP contribution >= 0.6 is 11.3 Å². The van der Waals surface area contributed by atoms with Gasteiger partial charge in [-0.05, 0) is 36.2 Å². The first-order valence-corrected chi connectivity index (χ1v) is 15.3. The van der Waals surface area contributed by atoms with Gasteiger partial charge in [0.15, 0.2) is 4.80 Å². The molecule has 9 heteroatoms. The van der Waals surface area contributed by atoms with Crippen LogP contribution in [-0.2, 0) is 20.9 Å². The van der Waals surface area contributed by atoms with E-state index in [2.05, 4.69) is 0 Å². The quantitative estimate of drug-likeness (QED) is 0.252. The fraction of sp³-hybridized carbons (Fsp3) is 0.111. The van der Waals surface area contributed by atoms with Crippen molar-refractivity contribution in [2.45, 2.75) is 19.5 Å². The molecule has 1 aromatic heterocycles. The van der Waals surface area contributed by atoms with Gasteiger partial charge in [-0.1, -0.05) is 102 Å². The number of hydrogen-bond donors (Lipinski definition) is 0. The molecule has 0 unspecified atom stereocenters. The molecule has 1 amide bonds. The second kappa shape index (κ2) is 11.6. The molecular weight excluding hydrogens is 589 g/mol. The van der Waals surface area contributed by atoms with E-state index in [0.717, 1.165) is 16.9 Å². The van der Waals surface area contributed by atoms with E-state index >= 15 is 0 Å². The third kappa shape index (κ3) is 4.91. The van der Waals surface area contributed by atoms with Crippen LogP contribution < -0.4 is 19.8 Å². The van der Waals surface area contributed by atoms with Crippen molar-refractivity contribution in [3.8, 4) is 0 Å². The number of anilines is 1. The second-order valence-electron chi connectivity index (χ2n) is 10.6. The molecule has 222 valence electrons. The molecule has 2 aliphatic rings. The van der Waals surface area contributed by atoms with Crippen molar-refractivity contribution in [1.82, 2.24) is 4.57 Å². The van der Waals surface area contributed by atoms with Crippen molar-refractivity contribution in [2.24, 2.45) is 4.99 Å². The van der Waals surface area contributed by atoms with Gasteiger partial charge in [0, 0.05) is 11.1 Å². The molecule has 45 heavy (non-hydrogen) atoms. The van der Waals surface area contributed by atoms with Gasteiger partial charge < -0.3 is 9.64 Å². The SMILES string of the molecule is CCOC(=O)C1=C(c2ccccc2)N=c2s/c(=C3\C(=O)N(Cc4ccccc4)c4ccccc43)c(=O)n2[C@@H]1c1ccc(F)cc1. The molecule has 4 aromatic carbocycles. The molecule has 0 N–H and O–H groups in total. The maximum atomic E-state index is 14.5. The average Bonchev–Trinajstić information content (AvgIpc) is 3.53. The van der Waals surface area contributed by atoms with E-state index < -0.39 is 23.4 Å². The number of carbonyl (C=O) groups is 2. The van der Waals surface area contributed by atoms with Crippen molar-refractivity contribution in [3.63, 3.8) is 0 Å². The number of esters is 1. The highest BCUT2D eigenvalue weighted by molar-refractivity contribution is 7.07. The summed E-state index contributed by atoms with van der Waals surface area (Å²) in [7, 11) is 0. The molecule has 0 fully saturated rings. The Hall–Kier alpha value is -5.41. The van der Waals surface area contributed by atoms with Gasteiger partial charge in [-0.25, -0.2) is 14.2 Å². The molecule has 0 radical (unpaired) electrons. The van der Waals surface area contributed by atoms with Gasteiger partial charge in [0.05, 0.1) is 41.7 Å². The van der Waals surface area contributed by atoms with E-state index in [1.54, 1.807) is 24.0 Å². The number of thiazole rings is 1. The molecule has 2 aliphatic heterocycles. The van der Waals surface area contributed by atoms with Crippen LogP contribution in [0.2, 0.25) is 0 Å². The number of carbonyl (C=O) groups excluding carboxylic acids is 2. The van der Waals surface area contributed by atoms with Gasteiger partial charge in [0.2, 0.25) is 0 Å². The summed E-state index contributed by atoms with van der Waals surface area (Å²) in [5.74, 6) is -1.38. The highest BCUT2D eigenvalue weighted by Crippen LogP contribution is 2.38. The number of para-hydroxylation sites is 1. The van der Waals surface area contributed by atoms with E-state index in [-0.39, 0.29) is 28.2 Å². The Morgan fingerprint density at radius 2 is 1.56 bits per heavy atom. The minimum atomic E-state index is -0.974. The van der Waals surface area contributed by atoms with Crippen LogP contribution in [0.4, 0.5) is 10.1 Å². The van der Waals surface area contributed by atoms with Gasteiger partial charge in [0.25, 0.3) is 11.5 Å². The lowest BCUT2D eigenvalue weighted by molar-refractivity contribution is -0.138. The number of fused-ring (bicyclic) bond motifs is 2. The Balaban J connectivity index is 1.51. The molecule has 1 atom stereocenters. The first kappa shape index (κ1) is 28.4. The van der Waals surface area contributed by atoms with Crippen LogP contribution in [0.5, 0.6) is 0 Å². The third-order valence-electron chi connectivity index (χ3n) is 7.87. The fourth-order valence-corrected chi connectivity index (χ4v) is 6.96. The minimum absolute atomic E-state index is 0.109. The Morgan fingerprint density at radius 1 is 0.889 bits per heavy atom. The van der Waals surface area contributed by atoms with E-state index in [9.17, 15) is 18.8 Å². The van der Waals surface area contributed by atoms with Crippen molar-refractivity contribution in [3.05, 3.63) is 163 Å². The van der Waals surface area contributed by atoms with Crippen LogP contribution in [-0.4, -0.2) is 23.1 Å². The van der Waals surface area contributed by atoms with Crippen molar-refractivity contribution in [2.75, 3.05) is 11.5 Å². The predicted octanol–water partition coefficient (Wildman–Crippen LogP) is 4.99. The summed E-state index contributed by atoms with van der Waals surface area (Å²) in [6, 6.07) is 30.9. The van der Waals surface area contributed by atoms with Crippen LogP contribution in [0, 0.1) is 5.82 Å². The monoisotopic (exact) mass is 615 g/mol. The maximum Gasteiger partial charge on any atom is 0.338 e. The largest absolute Gasteiger partial charge is 0.463 e. The summed E-state index contributed by atoms with van der Waals surface area (Å²) in [6.07, 6.45) is 0. The summed E-state index contributed by atoms with van der Waals surface area (Å²) >= 11 is 1.10. The standard InChI is InChI=1S/C36H26FN3O4S/c1-2-44-35(43)29-30(23-13-7-4-8-14-23)38-36-40(31(29)24-17-19-25(37)20-18-24)34(42)32(45-36)28-26-15-9-10-16-27(26)39(33(28)41)21-22-11-5-3-6-12-22/h3-20,31H,2,21H2,1H3/b32-28-/t31-/m1/s1. The number of hydrogen-bond acceptors (Lipinski definition) is 6. The first-order chi connectivity index (χ1) is 22.0. The Bertz CT molecular complexity index is 2170. The molecule has 3 heterocycles. The molecule has 0 bridgehead atoms. The smallest absolute Gasteiger partial charge is 0.338 e. The Morgan fingerprint density at radius 3 is 2.27 bits per heavy atom. The number of nitrogens with zero attached hydrogens (tertiary/aromatic N) is 3. The predicted molar refractivity (Wildman–Crippen MR) is 170 cm³/mol. The van der Waals surface area contributed by atoms with E-state index in [1.165, 1.54) is 16.7 Å². The molecule has 0 spiro atoms. The van der Waals surface area contributed by atoms with Crippen molar-refractivity contribution >= 4 is 40.2 Å². The highest BCUT2D eigenvalue weighted by Gasteiger charge is 2.38. The summed E-state index contributed by atoms with van der Waals surface area (Å²) in [5.41, 5.74) is 3.79. The van der Waals surface area contributed by atoms with Crippen molar-refractivity contribution < 1.29 is 18.7 Å². The lowest BCUT2D eigenvalue weighted by atomic mass is 9.93. The molecular formula is C36H26FN3O4S. The summed E-state index contributed by atoms with van der Waals surface area (Å²) in [5, 5.41) is 0. The Labute approximate surface area is 261 Å². The molecule has 0 aliphatic carbocycles. The molecule has 0 saturated carbocycles. The Kier molecular flexibility index (Phi) is 7.31. The zero-order valence-electron chi connectivity index (χ0n) is 24.1. The van der Waals surface area contributed by atoms with Crippen molar-refractivity contribution in [1.29, 1.82) is 0 Å². The van der Waals surface area contributed by atoms with Gasteiger partial charge in [0.1, 0.15) is 10.3 Å². The second-order valence-corrected chi connectivity index (χ2v) is 11.6. The van der Waals surface area contributed by atoms with E-state index in [1.807, 2.05) is 84.9 Å². The molecule has 5 aromatic rings. The zero-order valence-corrected chi connectivity index (χ0v) is 25.0. The van der Waals surface area contributed by atoms with Gasteiger partial charge in [-0.2, -0.15) is 0 Å². The lowest BCUT2D eigenvalue weighted by Crippen LogP contribution is -2.41. The van der Waals surface area contributed by atoms with Crippen LogP contribution in [0.15, 0.2) is 125 Å². The van der Waals surface area contributed by atoms with E-state index in [0.29, 0.717) is 39.4 Å². The number of ether oxygens (including phenoxy) is 1. The van der Waals surface area contributed by atoms with E-state index in [4.69, 9.17) is 9.73 Å². The minimum Gasteiger partial charge on any atom is -0.463 e. The number of amides is 1. The maximum absolute atomic E-state index is 14.5. The van der Waals surface area contributed by atoms with Crippen LogP contribution in [0.3, 0.4) is 0 Å². The number of rotatable bonds is 6. The van der Waals surface area contributed by atoms with Crippen LogP contribution in [0.25, 0.3) is 11.3 Å².